The van der Waals surface area contributed by atoms with Crippen LogP contribution in [0.1, 0.15) is 0 Å². The largest absolute Gasteiger partial charge is 0.451 e. The Kier molecular flexibility index (Phi) is 2.41. The van der Waals surface area contributed by atoms with Crippen LogP contribution < -0.4 is 0 Å². The summed E-state index contributed by atoms with van der Waals surface area (Å²) in [5.74, 6) is -2.42. The van der Waals surface area contributed by atoms with Gasteiger partial charge < -0.3 is 20.1 Å². The van der Waals surface area contributed by atoms with Crippen molar-refractivity contribution in [1.82, 2.24) is 0 Å². The van der Waals surface area contributed by atoms with Crippen molar-refractivity contribution in [1.29, 1.82) is 0 Å². The van der Waals surface area contributed by atoms with Gasteiger partial charge in [-0.1, -0.05) is 0 Å². The number of hydrogen-bond acceptors (Lipinski definition) is 6. The average Bonchev–Trinajstić information content (AvgIpc) is 2.08. The van der Waals surface area contributed by atoms with Crippen molar-refractivity contribution in [3.05, 3.63) is 0 Å². The van der Waals surface area contributed by atoms with E-state index in [0.717, 1.165) is 0 Å². The van der Waals surface area contributed by atoms with Crippen LogP contribution >= 0.6 is 0 Å². The summed E-state index contributed by atoms with van der Waals surface area (Å²) in [4.78, 5) is 21.2. The molecule has 0 aromatic heterocycles. The van der Waals surface area contributed by atoms with Crippen molar-refractivity contribution in [2.24, 2.45) is 0 Å². The first-order valence-electron chi connectivity index (χ1n) is 3.29. The third kappa shape index (κ3) is 1.31. The SMILES string of the molecule is O=C1O[C@H](CO)[C@@H](O)[C@H](O)C1=O. The number of aliphatic hydroxyl groups is 3. The molecule has 0 aliphatic carbocycles. The van der Waals surface area contributed by atoms with E-state index in [1.54, 1.807) is 0 Å². The lowest BCUT2D eigenvalue weighted by Crippen LogP contribution is -2.54. The highest BCUT2D eigenvalue weighted by Gasteiger charge is 2.43. The Morgan fingerprint density at radius 3 is 2.42 bits per heavy atom. The Morgan fingerprint density at radius 1 is 1.33 bits per heavy atom. The minimum atomic E-state index is -1.79. The number of esters is 1. The van der Waals surface area contributed by atoms with Crippen molar-refractivity contribution in [2.45, 2.75) is 18.3 Å². The zero-order valence-corrected chi connectivity index (χ0v) is 6.01. The van der Waals surface area contributed by atoms with E-state index in [-0.39, 0.29) is 0 Å². The first-order valence-corrected chi connectivity index (χ1v) is 3.29. The number of ketones is 1. The number of rotatable bonds is 1. The van der Waals surface area contributed by atoms with Crippen molar-refractivity contribution < 1.29 is 29.6 Å². The Balaban J connectivity index is 2.77. The topological polar surface area (TPSA) is 104 Å². The van der Waals surface area contributed by atoms with Crippen LogP contribution in [0.5, 0.6) is 0 Å². The minimum absolute atomic E-state index is 0.628. The lowest BCUT2D eigenvalue weighted by Gasteiger charge is -2.28. The van der Waals surface area contributed by atoms with Gasteiger partial charge in [0.25, 0.3) is 5.78 Å². The monoisotopic (exact) mass is 176 g/mol. The van der Waals surface area contributed by atoms with Gasteiger partial charge in [-0.2, -0.15) is 0 Å². The van der Waals surface area contributed by atoms with Crippen molar-refractivity contribution in [3.8, 4) is 0 Å². The molecule has 1 rings (SSSR count). The van der Waals surface area contributed by atoms with Crippen LogP contribution in [0.3, 0.4) is 0 Å². The smallest absolute Gasteiger partial charge is 0.378 e. The Hall–Kier alpha value is -0.980. The molecule has 1 fully saturated rings. The highest BCUT2D eigenvalue weighted by Crippen LogP contribution is 2.12. The normalized spacial score (nSPS) is 36.4. The predicted molar refractivity (Wildman–Crippen MR) is 34.0 cm³/mol. The number of carbonyl (C=O) groups excluding carboxylic acids is 2. The average molecular weight is 176 g/mol. The Bertz CT molecular complexity index is 212. The van der Waals surface area contributed by atoms with Gasteiger partial charge in [0.1, 0.15) is 6.10 Å². The van der Waals surface area contributed by atoms with E-state index in [9.17, 15) is 9.59 Å². The van der Waals surface area contributed by atoms with Crippen LogP contribution in [0, 0.1) is 0 Å². The van der Waals surface area contributed by atoms with Crippen LogP contribution in [0.25, 0.3) is 0 Å². The van der Waals surface area contributed by atoms with Gasteiger partial charge >= 0.3 is 5.97 Å². The lowest BCUT2D eigenvalue weighted by atomic mass is 10.0. The van der Waals surface area contributed by atoms with E-state index in [0.29, 0.717) is 0 Å². The van der Waals surface area contributed by atoms with E-state index < -0.39 is 36.7 Å². The van der Waals surface area contributed by atoms with Gasteiger partial charge in [-0.05, 0) is 0 Å². The molecule has 1 saturated heterocycles. The van der Waals surface area contributed by atoms with Crippen molar-refractivity contribution in [2.75, 3.05) is 6.61 Å². The standard InChI is InChI=1S/C6H8O6/c7-1-2-3(8)4(9)5(10)6(11)12-2/h2-4,7-9H,1H2/t2-,3-,4+/m1/s1. The van der Waals surface area contributed by atoms with Gasteiger partial charge in [0.15, 0.2) is 12.2 Å². The predicted octanol–water partition coefficient (Wildman–Crippen LogP) is -2.81. The first-order chi connectivity index (χ1) is 5.57. The molecule has 0 spiro atoms. The summed E-state index contributed by atoms with van der Waals surface area (Å²) in [7, 11) is 0. The molecule has 6 nitrogen and oxygen atoms in total. The van der Waals surface area contributed by atoms with E-state index >= 15 is 0 Å². The molecule has 0 bridgehead atoms. The highest BCUT2D eigenvalue weighted by atomic mass is 16.6. The second-order valence-electron chi connectivity index (χ2n) is 2.43. The Morgan fingerprint density at radius 2 is 1.92 bits per heavy atom. The second kappa shape index (κ2) is 3.18. The fraction of sp³-hybridized carbons (Fsp3) is 0.667. The number of carbonyl (C=O) groups is 2. The summed E-state index contributed by atoms with van der Waals surface area (Å²) >= 11 is 0. The molecule has 0 aromatic rings. The molecule has 1 heterocycles. The zero-order chi connectivity index (χ0) is 9.30. The summed E-state index contributed by atoms with van der Waals surface area (Å²) in [6.07, 6.45) is -4.55. The number of hydrogen-bond donors (Lipinski definition) is 3. The van der Waals surface area contributed by atoms with E-state index in [1.165, 1.54) is 0 Å². The molecule has 0 aromatic carbocycles. The number of ether oxygens (including phenoxy) is 1. The molecular weight excluding hydrogens is 168 g/mol. The van der Waals surface area contributed by atoms with Gasteiger partial charge in [0, 0.05) is 0 Å². The molecule has 3 N–H and O–H groups in total. The fourth-order valence-corrected chi connectivity index (χ4v) is 0.890. The zero-order valence-electron chi connectivity index (χ0n) is 6.01. The third-order valence-corrected chi connectivity index (χ3v) is 1.61. The molecule has 1 aliphatic heterocycles. The van der Waals surface area contributed by atoms with Gasteiger partial charge in [0.2, 0.25) is 0 Å². The van der Waals surface area contributed by atoms with E-state index in [2.05, 4.69) is 4.74 Å². The minimum Gasteiger partial charge on any atom is -0.451 e. The summed E-state index contributed by atoms with van der Waals surface area (Å²) < 4.78 is 4.28. The summed E-state index contributed by atoms with van der Waals surface area (Å²) in [6.45, 7) is -0.628. The molecule has 0 saturated carbocycles. The van der Waals surface area contributed by atoms with Crippen LogP contribution in [-0.2, 0) is 14.3 Å². The molecule has 0 radical (unpaired) electrons. The van der Waals surface area contributed by atoms with Crippen LogP contribution in [-0.4, -0.2) is 52.0 Å². The van der Waals surface area contributed by atoms with Crippen LogP contribution in [0.4, 0.5) is 0 Å². The number of Topliss-reactive ketones (excluding diaryl/α,β-unsaturated/α-hetero) is 1. The summed E-state index contributed by atoms with van der Waals surface area (Å²) in [5.41, 5.74) is 0. The first kappa shape index (κ1) is 9.11. The number of cyclic esters (lactones) is 1. The van der Waals surface area contributed by atoms with Gasteiger partial charge in [0.05, 0.1) is 6.61 Å². The maximum Gasteiger partial charge on any atom is 0.378 e. The van der Waals surface area contributed by atoms with Gasteiger partial charge in [-0.25, -0.2) is 4.79 Å². The van der Waals surface area contributed by atoms with Crippen LogP contribution in [0.2, 0.25) is 0 Å². The van der Waals surface area contributed by atoms with Crippen molar-refractivity contribution in [3.63, 3.8) is 0 Å². The van der Waals surface area contributed by atoms with Crippen LogP contribution in [0.15, 0.2) is 0 Å². The molecule has 6 heteroatoms. The summed E-state index contributed by atoms with van der Waals surface area (Å²) in [5, 5.41) is 26.4. The molecule has 68 valence electrons. The van der Waals surface area contributed by atoms with E-state index in [1.807, 2.05) is 0 Å². The molecule has 0 unspecified atom stereocenters. The number of aliphatic hydroxyl groups excluding tert-OH is 3. The van der Waals surface area contributed by atoms with Gasteiger partial charge in [-0.3, -0.25) is 4.79 Å². The molecule has 12 heavy (non-hydrogen) atoms. The fourth-order valence-electron chi connectivity index (χ4n) is 0.890. The Labute approximate surface area is 67.4 Å². The van der Waals surface area contributed by atoms with Crippen molar-refractivity contribution >= 4 is 11.8 Å². The highest BCUT2D eigenvalue weighted by molar-refractivity contribution is 6.36. The van der Waals surface area contributed by atoms with Gasteiger partial charge in [-0.15, -0.1) is 0 Å². The molecule has 1 aliphatic rings. The van der Waals surface area contributed by atoms with E-state index in [4.69, 9.17) is 15.3 Å². The second-order valence-corrected chi connectivity index (χ2v) is 2.43. The maximum atomic E-state index is 10.6. The lowest BCUT2D eigenvalue weighted by molar-refractivity contribution is -0.187. The molecule has 3 atom stereocenters. The molecule has 0 amide bonds. The summed E-state index contributed by atoms with van der Waals surface area (Å²) in [6, 6.07) is 0. The quantitative estimate of drug-likeness (QED) is 0.294. The molecular formula is C6H8O6. The third-order valence-electron chi connectivity index (χ3n) is 1.61. The maximum absolute atomic E-state index is 10.6.